The molecule has 0 aliphatic carbocycles. The zero-order chi connectivity index (χ0) is 10.5. The van der Waals surface area contributed by atoms with Gasteiger partial charge in [0.05, 0.1) is 13.0 Å². The van der Waals surface area contributed by atoms with Crippen LogP contribution in [-0.2, 0) is 9.53 Å². The number of hydrogen-bond donors (Lipinski definition) is 1. The van der Waals surface area contributed by atoms with Crippen molar-refractivity contribution in [2.24, 2.45) is 5.73 Å². The van der Waals surface area contributed by atoms with E-state index in [0.29, 0.717) is 6.08 Å². The zero-order valence-electron chi connectivity index (χ0n) is 7.02. The van der Waals surface area contributed by atoms with Crippen molar-refractivity contribution in [2.45, 2.75) is 19.5 Å². The molecule has 0 aliphatic heterocycles. The molecule has 6 heteroatoms. The Balaban J connectivity index is 4.09. The molecule has 0 spiro atoms. The molecule has 0 saturated heterocycles. The summed E-state index contributed by atoms with van der Waals surface area (Å²) in [7, 11) is 0. The highest BCUT2D eigenvalue weighted by molar-refractivity contribution is 5.82. The maximum absolute atomic E-state index is 11.7. The maximum atomic E-state index is 11.7. The van der Waals surface area contributed by atoms with Crippen molar-refractivity contribution in [2.75, 3.05) is 6.61 Å². The van der Waals surface area contributed by atoms with E-state index < -0.39 is 24.3 Å². The van der Waals surface area contributed by atoms with Gasteiger partial charge in [-0.05, 0) is 6.92 Å². The molecule has 76 valence electrons. The van der Waals surface area contributed by atoms with Crippen molar-refractivity contribution >= 4 is 5.97 Å². The third-order valence-electron chi connectivity index (χ3n) is 0.994. The van der Waals surface area contributed by atoms with E-state index in [9.17, 15) is 18.0 Å². The van der Waals surface area contributed by atoms with Crippen molar-refractivity contribution in [3.63, 3.8) is 0 Å². The van der Waals surface area contributed by atoms with Crippen LogP contribution in [0.15, 0.2) is 11.8 Å². The molecule has 0 rings (SSSR count). The van der Waals surface area contributed by atoms with Crippen molar-refractivity contribution in [1.29, 1.82) is 0 Å². The summed E-state index contributed by atoms with van der Waals surface area (Å²) in [6, 6.07) is 0. The van der Waals surface area contributed by atoms with Gasteiger partial charge in [-0.15, -0.1) is 0 Å². The van der Waals surface area contributed by atoms with Crippen molar-refractivity contribution in [1.82, 2.24) is 0 Å². The Morgan fingerprint density at radius 1 is 1.54 bits per heavy atom. The van der Waals surface area contributed by atoms with Crippen LogP contribution in [0.1, 0.15) is 13.3 Å². The van der Waals surface area contributed by atoms with E-state index >= 15 is 0 Å². The van der Waals surface area contributed by atoms with Crippen LogP contribution in [0.5, 0.6) is 0 Å². The minimum atomic E-state index is -4.40. The number of hydrogen-bond acceptors (Lipinski definition) is 3. The average Bonchev–Trinajstić information content (AvgIpc) is 1.81. The van der Waals surface area contributed by atoms with Gasteiger partial charge in [0.1, 0.15) is 0 Å². The molecule has 2 N–H and O–H groups in total. The summed E-state index contributed by atoms with van der Waals surface area (Å²) in [6.07, 6.45) is -5.06. The van der Waals surface area contributed by atoms with Gasteiger partial charge in [-0.25, -0.2) is 4.79 Å². The Labute approximate surface area is 73.4 Å². The molecule has 13 heavy (non-hydrogen) atoms. The Kier molecular flexibility index (Phi) is 4.30. The van der Waals surface area contributed by atoms with Crippen LogP contribution in [0.25, 0.3) is 0 Å². The number of rotatable bonds is 3. The minimum Gasteiger partial charge on any atom is -0.463 e. The number of carbonyl (C=O) groups excluding carboxylic acids is 1. The lowest BCUT2D eigenvalue weighted by Crippen LogP contribution is -2.15. The van der Waals surface area contributed by atoms with Gasteiger partial charge in [-0.1, -0.05) is 0 Å². The summed E-state index contributed by atoms with van der Waals surface area (Å²) in [5, 5.41) is 0. The third-order valence-corrected chi connectivity index (χ3v) is 0.994. The van der Waals surface area contributed by atoms with Gasteiger partial charge in [-0.2, -0.15) is 13.2 Å². The molecule has 0 bridgehead atoms. The van der Waals surface area contributed by atoms with Crippen LogP contribution >= 0.6 is 0 Å². The lowest BCUT2D eigenvalue weighted by Gasteiger charge is -2.05. The van der Waals surface area contributed by atoms with Crippen molar-refractivity contribution in [3.05, 3.63) is 11.8 Å². The fourth-order valence-corrected chi connectivity index (χ4v) is 0.618. The van der Waals surface area contributed by atoms with E-state index in [1.165, 1.54) is 0 Å². The van der Waals surface area contributed by atoms with Gasteiger partial charge in [-0.3, -0.25) is 0 Å². The lowest BCUT2D eigenvalue weighted by atomic mass is 10.3. The van der Waals surface area contributed by atoms with Gasteiger partial charge < -0.3 is 10.5 Å². The number of esters is 1. The van der Waals surface area contributed by atoms with Gasteiger partial charge in [0, 0.05) is 11.8 Å². The molecule has 0 aromatic carbocycles. The molecular formula is C7H10F3NO2. The Morgan fingerprint density at radius 3 is 2.46 bits per heavy atom. The number of nitrogens with two attached hydrogens (primary N) is 1. The number of carbonyl (C=O) groups is 1. The SMILES string of the molecule is CCOC(=O)C=C(N)CC(F)(F)F. The molecule has 0 fully saturated rings. The minimum absolute atomic E-state index is 0.106. The first-order chi connectivity index (χ1) is 5.85. The predicted octanol–water partition coefficient (Wildman–Crippen LogP) is 1.34. The number of alkyl halides is 3. The first kappa shape index (κ1) is 11.8. The zero-order valence-corrected chi connectivity index (χ0v) is 7.02. The van der Waals surface area contributed by atoms with E-state index in [1.807, 2.05) is 0 Å². The van der Waals surface area contributed by atoms with Crippen LogP contribution in [0, 0.1) is 0 Å². The summed E-state index contributed by atoms with van der Waals surface area (Å²) in [5.74, 6) is -0.857. The summed E-state index contributed by atoms with van der Waals surface area (Å²) >= 11 is 0. The normalized spacial score (nSPS) is 12.8. The molecular weight excluding hydrogens is 187 g/mol. The quantitative estimate of drug-likeness (QED) is 0.548. The van der Waals surface area contributed by atoms with Gasteiger partial charge in [0.2, 0.25) is 0 Å². The highest BCUT2D eigenvalue weighted by atomic mass is 19.4. The average molecular weight is 197 g/mol. The van der Waals surface area contributed by atoms with E-state index in [-0.39, 0.29) is 6.61 Å². The van der Waals surface area contributed by atoms with Crippen LogP contribution in [-0.4, -0.2) is 18.8 Å². The van der Waals surface area contributed by atoms with Crippen LogP contribution in [0.4, 0.5) is 13.2 Å². The van der Waals surface area contributed by atoms with Crippen molar-refractivity contribution in [3.8, 4) is 0 Å². The Hall–Kier alpha value is -1.20. The summed E-state index contributed by atoms with van der Waals surface area (Å²) in [5.41, 5.74) is 4.38. The smallest absolute Gasteiger partial charge is 0.394 e. The first-order valence-electron chi connectivity index (χ1n) is 3.54. The van der Waals surface area contributed by atoms with Crippen molar-refractivity contribution < 1.29 is 22.7 Å². The van der Waals surface area contributed by atoms with Gasteiger partial charge in [0.25, 0.3) is 0 Å². The Morgan fingerprint density at radius 2 is 2.08 bits per heavy atom. The molecule has 0 amide bonds. The Bertz CT molecular complexity index is 210. The molecule has 0 atom stereocenters. The van der Waals surface area contributed by atoms with E-state index in [1.54, 1.807) is 6.92 Å². The van der Waals surface area contributed by atoms with E-state index in [0.717, 1.165) is 0 Å². The molecule has 0 saturated carbocycles. The summed E-state index contributed by atoms with van der Waals surface area (Å²) in [4.78, 5) is 10.6. The molecule has 0 aromatic heterocycles. The van der Waals surface area contributed by atoms with Crippen LogP contribution in [0.2, 0.25) is 0 Å². The fraction of sp³-hybridized carbons (Fsp3) is 0.571. The third kappa shape index (κ3) is 7.17. The molecule has 0 aliphatic rings. The monoisotopic (exact) mass is 197 g/mol. The number of halogens is 3. The molecule has 3 nitrogen and oxygen atoms in total. The molecule has 0 radical (unpaired) electrons. The standard InChI is InChI=1S/C7H10F3NO2/c1-2-13-6(12)3-5(11)4-7(8,9)10/h3H,2,4,11H2,1H3. The summed E-state index contributed by atoms with van der Waals surface area (Å²) < 4.78 is 39.4. The van der Waals surface area contributed by atoms with Gasteiger partial charge in [0.15, 0.2) is 0 Å². The lowest BCUT2D eigenvalue weighted by molar-refractivity contribution is -0.137. The first-order valence-corrected chi connectivity index (χ1v) is 3.54. The predicted molar refractivity (Wildman–Crippen MR) is 39.6 cm³/mol. The second-order valence-corrected chi connectivity index (χ2v) is 2.26. The summed E-state index contributed by atoms with van der Waals surface area (Å²) in [6.45, 7) is 1.65. The highest BCUT2D eigenvalue weighted by Crippen LogP contribution is 2.21. The number of ether oxygens (including phenoxy) is 1. The van der Waals surface area contributed by atoms with E-state index in [4.69, 9.17) is 5.73 Å². The van der Waals surface area contributed by atoms with Gasteiger partial charge >= 0.3 is 12.1 Å². The number of allylic oxidation sites excluding steroid dienone is 1. The second kappa shape index (κ2) is 4.74. The topological polar surface area (TPSA) is 52.3 Å². The molecule has 0 aromatic rings. The largest absolute Gasteiger partial charge is 0.463 e. The molecule has 0 heterocycles. The fourth-order valence-electron chi connectivity index (χ4n) is 0.618. The van der Waals surface area contributed by atoms with Crippen LogP contribution < -0.4 is 5.73 Å². The van der Waals surface area contributed by atoms with E-state index in [2.05, 4.69) is 4.74 Å². The maximum Gasteiger partial charge on any atom is 0.394 e. The molecule has 0 unspecified atom stereocenters. The highest BCUT2D eigenvalue weighted by Gasteiger charge is 2.28. The second-order valence-electron chi connectivity index (χ2n) is 2.26. The van der Waals surface area contributed by atoms with Crippen LogP contribution in [0.3, 0.4) is 0 Å².